The summed E-state index contributed by atoms with van der Waals surface area (Å²) < 4.78 is 17.2. The Kier molecular flexibility index (Phi) is 7.76. The summed E-state index contributed by atoms with van der Waals surface area (Å²) in [6.07, 6.45) is 8.14. The molecule has 1 amide bonds. The van der Waals surface area contributed by atoms with Crippen molar-refractivity contribution in [2.75, 3.05) is 50.0 Å². The number of aromatic nitrogens is 4. The maximum absolute atomic E-state index is 10.9. The lowest BCUT2D eigenvalue weighted by Crippen LogP contribution is -2.40. The number of nitrogens with two attached hydrogens (primary N) is 1. The van der Waals surface area contributed by atoms with Crippen LogP contribution in [-0.4, -0.2) is 78.0 Å². The molecule has 12 nitrogen and oxygen atoms in total. The van der Waals surface area contributed by atoms with Crippen molar-refractivity contribution in [2.24, 2.45) is 5.73 Å². The number of hydrogen-bond acceptors (Lipinski definition) is 11. The fourth-order valence-electron chi connectivity index (χ4n) is 4.68. The normalized spacial score (nSPS) is 20.0. The standard InChI is InChI=1S/C25H31N7O5/c1-34-32(25-28-14-19(15-29-25)36-16-22(26)33)17-4-6-18(7-5-17)37-24-20-3-2-8-27-21(20)13-23(30-24)31-9-11-35-12-10-31/h2-3,8,13-15,17-18H,4-7,9-12,16H2,1H3,(H2,26,33). The zero-order valence-electron chi connectivity index (χ0n) is 20.8. The Morgan fingerprint density at radius 1 is 1.16 bits per heavy atom. The predicted molar refractivity (Wildman–Crippen MR) is 135 cm³/mol. The quantitative estimate of drug-likeness (QED) is 0.423. The van der Waals surface area contributed by atoms with Crippen molar-refractivity contribution in [3.8, 4) is 11.6 Å². The summed E-state index contributed by atoms with van der Waals surface area (Å²) in [5, 5.41) is 2.62. The Morgan fingerprint density at radius 2 is 1.92 bits per heavy atom. The van der Waals surface area contributed by atoms with Gasteiger partial charge in [0, 0.05) is 25.4 Å². The molecule has 1 aliphatic heterocycles. The van der Waals surface area contributed by atoms with Crippen LogP contribution in [0.3, 0.4) is 0 Å². The minimum absolute atomic E-state index is 0.0243. The fraction of sp³-hybridized carbons (Fsp3) is 0.480. The number of ether oxygens (including phenoxy) is 3. The van der Waals surface area contributed by atoms with Crippen LogP contribution in [0.5, 0.6) is 11.6 Å². The summed E-state index contributed by atoms with van der Waals surface area (Å²) in [4.78, 5) is 36.8. The van der Waals surface area contributed by atoms with Gasteiger partial charge in [-0.15, -0.1) is 0 Å². The van der Waals surface area contributed by atoms with Crippen LogP contribution in [0.15, 0.2) is 36.8 Å². The van der Waals surface area contributed by atoms with Gasteiger partial charge in [0.05, 0.1) is 49.7 Å². The van der Waals surface area contributed by atoms with Crippen molar-refractivity contribution in [2.45, 2.75) is 37.8 Å². The predicted octanol–water partition coefficient (Wildman–Crippen LogP) is 1.88. The average Bonchev–Trinajstić information content (AvgIpc) is 2.94. The topological polar surface area (TPSA) is 138 Å². The Labute approximate surface area is 214 Å². The molecule has 0 bridgehead atoms. The fourth-order valence-corrected chi connectivity index (χ4v) is 4.68. The van der Waals surface area contributed by atoms with Gasteiger partial charge < -0.3 is 24.8 Å². The number of nitrogens with zero attached hydrogens (tertiary/aromatic N) is 6. The highest BCUT2D eigenvalue weighted by atomic mass is 16.7. The zero-order valence-corrected chi connectivity index (χ0v) is 20.8. The van der Waals surface area contributed by atoms with Gasteiger partial charge in [-0.25, -0.2) is 15.0 Å². The van der Waals surface area contributed by atoms with Gasteiger partial charge in [0.2, 0.25) is 11.8 Å². The number of anilines is 2. The first-order valence-corrected chi connectivity index (χ1v) is 12.4. The lowest BCUT2D eigenvalue weighted by atomic mass is 9.93. The van der Waals surface area contributed by atoms with Gasteiger partial charge in [-0.3, -0.25) is 14.6 Å². The van der Waals surface area contributed by atoms with Gasteiger partial charge in [-0.1, -0.05) is 0 Å². The van der Waals surface area contributed by atoms with Gasteiger partial charge in [-0.05, 0) is 37.8 Å². The maximum Gasteiger partial charge on any atom is 0.255 e. The second-order valence-electron chi connectivity index (χ2n) is 8.99. The first-order chi connectivity index (χ1) is 18.1. The second kappa shape index (κ2) is 11.5. The molecule has 5 rings (SSSR count). The molecule has 3 aromatic heterocycles. The largest absolute Gasteiger partial charge is 0.481 e. The number of hydrogen-bond donors (Lipinski definition) is 1. The molecule has 4 heterocycles. The van der Waals surface area contributed by atoms with Crippen molar-refractivity contribution in [1.29, 1.82) is 0 Å². The van der Waals surface area contributed by atoms with Crippen molar-refractivity contribution in [3.05, 3.63) is 36.8 Å². The first kappa shape index (κ1) is 24.9. The van der Waals surface area contributed by atoms with E-state index in [1.807, 2.05) is 18.2 Å². The lowest BCUT2D eigenvalue weighted by molar-refractivity contribution is -0.119. The highest BCUT2D eigenvalue weighted by Gasteiger charge is 2.30. The van der Waals surface area contributed by atoms with Crippen LogP contribution in [-0.2, 0) is 14.4 Å². The zero-order chi connectivity index (χ0) is 25.6. The highest BCUT2D eigenvalue weighted by Crippen LogP contribution is 2.32. The maximum atomic E-state index is 10.9. The van der Waals surface area contributed by atoms with Gasteiger partial charge in [0.15, 0.2) is 12.4 Å². The monoisotopic (exact) mass is 509 g/mol. The molecular formula is C25H31N7O5. The SMILES string of the molecule is CON(c1ncc(OCC(N)=O)cn1)C1CCC(Oc2nc(N3CCOCC3)cc3ncccc23)CC1. The van der Waals surface area contributed by atoms with E-state index >= 15 is 0 Å². The Hall–Kier alpha value is -3.77. The van der Waals surface area contributed by atoms with Gasteiger partial charge in [-0.2, -0.15) is 4.98 Å². The number of pyridine rings is 2. The third-order valence-corrected chi connectivity index (χ3v) is 6.53. The molecular weight excluding hydrogens is 478 g/mol. The molecule has 2 N–H and O–H groups in total. The third kappa shape index (κ3) is 5.97. The summed E-state index contributed by atoms with van der Waals surface area (Å²) in [7, 11) is 1.60. The van der Waals surface area contributed by atoms with Crippen LogP contribution in [0.1, 0.15) is 25.7 Å². The molecule has 2 fully saturated rings. The number of carbonyl (C=O) groups excluding carboxylic acids is 1. The summed E-state index contributed by atoms with van der Waals surface area (Å²) in [6.45, 7) is 2.73. The molecule has 196 valence electrons. The molecule has 0 unspecified atom stereocenters. The Bertz CT molecular complexity index is 1200. The molecule has 1 saturated carbocycles. The summed E-state index contributed by atoms with van der Waals surface area (Å²) >= 11 is 0. The molecule has 0 atom stereocenters. The molecule has 1 aliphatic carbocycles. The molecule has 0 radical (unpaired) electrons. The Balaban J connectivity index is 1.24. The van der Waals surface area contributed by atoms with E-state index in [1.165, 1.54) is 12.4 Å². The van der Waals surface area contributed by atoms with Gasteiger partial charge in [0.25, 0.3) is 5.91 Å². The van der Waals surface area contributed by atoms with Crippen molar-refractivity contribution in [3.63, 3.8) is 0 Å². The minimum Gasteiger partial charge on any atom is -0.481 e. The minimum atomic E-state index is -0.561. The average molecular weight is 510 g/mol. The van der Waals surface area contributed by atoms with E-state index in [0.717, 1.165) is 55.5 Å². The number of hydroxylamine groups is 1. The van der Waals surface area contributed by atoms with E-state index in [0.29, 0.717) is 30.8 Å². The van der Waals surface area contributed by atoms with Gasteiger partial charge >= 0.3 is 0 Å². The van der Waals surface area contributed by atoms with E-state index in [4.69, 9.17) is 29.8 Å². The van der Waals surface area contributed by atoms with E-state index in [2.05, 4.69) is 19.9 Å². The molecule has 3 aromatic rings. The third-order valence-electron chi connectivity index (χ3n) is 6.53. The number of amides is 1. The van der Waals surface area contributed by atoms with Gasteiger partial charge in [0.1, 0.15) is 11.9 Å². The van der Waals surface area contributed by atoms with Crippen LogP contribution < -0.4 is 25.2 Å². The van der Waals surface area contributed by atoms with E-state index in [9.17, 15) is 4.79 Å². The Morgan fingerprint density at radius 3 is 2.62 bits per heavy atom. The molecule has 0 aromatic carbocycles. The number of rotatable bonds is 9. The van der Waals surface area contributed by atoms with Crippen LogP contribution in [0, 0.1) is 0 Å². The molecule has 1 saturated heterocycles. The van der Waals surface area contributed by atoms with Crippen molar-refractivity contribution >= 4 is 28.6 Å². The van der Waals surface area contributed by atoms with E-state index < -0.39 is 5.91 Å². The van der Waals surface area contributed by atoms with Crippen LogP contribution in [0.25, 0.3) is 10.9 Å². The number of morpholine rings is 1. The number of fused-ring (bicyclic) bond motifs is 1. The number of carbonyl (C=O) groups is 1. The van der Waals surface area contributed by atoms with E-state index in [1.54, 1.807) is 18.4 Å². The molecule has 12 heteroatoms. The summed E-state index contributed by atoms with van der Waals surface area (Å²) in [5.41, 5.74) is 5.98. The van der Waals surface area contributed by atoms with Crippen LogP contribution in [0.4, 0.5) is 11.8 Å². The highest BCUT2D eigenvalue weighted by molar-refractivity contribution is 5.85. The van der Waals surface area contributed by atoms with Crippen molar-refractivity contribution in [1.82, 2.24) is 19.9 Å². The molecule has 0 spiro atoms. The summed E-state index contributed by atoms with van der Waals surface area (Å²) in [5.74, 6) is 1.71. The summed E-state index contributed by atoms with van der Waals surface area (Å²) in [6, 6.07) is 6.02. The van der Waals surface area contributed by atoms with Crippen LogP contribution in [0.2, 0.25) is 0 Å². The van der Waals surface area contributed by atoms with Crippen molar-refractivity contribution < 1.29 is 23.8 Å². The van der Waals surface area contributed by atoms with E-state index in [-0.39, 0.29) is 18.8 Å². The second-order valence-corrected chi connectivity index (χ2v) is 8.99. The molecule has 2 aliphatic rings. The molecule has 37 heavy (non-hydrogen) atoms. The van der Waals surface area contributed by atoms with Crippen LogP contribution >= 0.6 is 0 Å². The lowest BCUT2D eigenvalue weighted by Gasteiger charge is -2.35. The smallest absolute Gasteiger partial charge is 0.255 e. The number of primary amides is 1. The first-order valence-electron chi connectivity index (χ1n) is 12.4.